The van der Waals surface area contributed by atoms with Crippen LogP contribution < -0.4 is 5.73 Å². The molecular formula is C10H14BrNO. The lowest BCUT2D eigenvalue weighted by atomic mass is 10.1. The van der Waals surface area contributed by atoms with E-state index in [-0.39, 0.29) is 0 Å². The molecule has 0 aliphatic heterocycles. The zero-order chi connectivity index (χ0) is 9.84. The Bertz CT molecular complexity index is 299. The van der Waals surface area contributed by atoms with Gasteiger partial charge in [-0.1, -0.05) is 22.0 Å². The van der Waals surface area contributed by atoms with Gasteiger partial charge in [0.05, 0.1) is 0 Å². The monoisotopic (exact) mass is 243 g/mol. The van der Waals surface area contributed by atoms with E-state index in [1.54, 1.807) is 6.07 Å². The third-order valence-corrected chi connectivity index (χ3v) is 3.15. The molecule has 0 amide bonds. The number of nitrogens with two attached hydrogens (primary N) is 1. The number of aryl methyl sites for hydroxylation is 1. The summed E-state index contributed by atoms with van der Waals surface area (Å²) in [6.45, 7) is 2.66. The van der Waals surface area contributed by atoms with Crippen molar-refractivity contribution in [2.45, 2.75) is 19.8 Å². The van der Waals surface area contributed by atoms with Crippen molar-refractivity contribution >= 4 is 15.9 Å². The van der Waals surface area contributed by atoms with Crippen LogP contribution in [0.5, 0.6) is 5.75 Å². The second kappa shape index (κ2) is 4.63. The molecule has 1 rings (SSSR count). The van der Waals surface area contributed by atoms with Gasteiger partial charge < -0.3 is 10.8 Å². The van der Waals surface area contributed by atoms with Gasteiger partial charge in [-0.25, -0.2) is 0 Å². The smallest absolute Gasteiger partial charge is 0.119 e. The lowest BCUT2D eigenvalue weighted by Gasteiger charge is -2.08. The van der Waals surface area contributed by atoms with Crippen LogP contribution in [0.25, 0.3) is 0 Å². The first-order chi connectivity index (χ1) is 6.16. The Morgan fingerprint density at radius 3 is 2.77 bits per heavy atom. The molecule has 0 saturated carbocycles. The molecule has 0 aromatic heterocycles. The Hall–Kier alpha value is -0.540. The van der Waals surface area contributed by atoms with Crippen LogP contribution in [0.15, 0.2) is 16.6 Å². The van der Waals surface area contributed by atoms with Crippen LogP contribution in [0.2, 0.25) is 0 Å². The molecule has 3 heteroatoms. The summed E-state index contributed by atoms with van der Waals surface area (Å²) in [5.74, 6) is 0.353. The van der Waals surface area contributed by atoms with Crippen molar-refractivity contribution in [2.24, 2.45) is 5.73 Å². The molecule has 2 nitrogen and oxygen atoms in total. The number of hydrogen-bond acceptors (Lipinski definition) is 2. The van der Waals surface area contributed by atoms with Crippen LogP contribution in [0, 0.1) is 6.92 Å². The minimum atomic E-state index is 0.353. The molecule has 0 atom stereocenters. The fourth-order valence-corrected chi connectivity index (χ4v) is 1.78. The second-order valence-electron chi connectivity index (χ2n) is 3.09. The normalized spacial score (nSPS) is 10.4. The molecule has 0 radical (unpaired) electrons. The van der Waals surface area contributed by atoms with E-state index in [2.05, 4.69) is 15.9 Å². The van der Waals surface area contributed by atoms with E-state index in [1.165, 1.54) is 0 Å². The van der Waals surface area contributed by atoms with Gasteiger partial charge in [0.25, 0.3) is 0 Å². The maximum Gasteiger partial charge on any atom is 0.119 e. The molecule has 0 aliphatic carbocycles. The number of hydrogen-bond donors (Lipinski definition) is 2. The van der Waals surface area contributed by atoms with E-state index in [4.69, 9.17) is 5.73 Å². The van der Waals surface area contributed by atoms with Crippen molar-refractivity contribution in [1.29, 1.82) is 0 Å². The molecule has 72 valence electrons. The predicted octanol–water partition coefficient (Wildman–Crippen LogP) is 2.35. The summed E-state index contributed by atoms with van der Waals surface area (Å²) < 4.78 is 1.00. The summed E-state index contributed by atoms with van der Waals surface area (Å²) in [4.78, 5) is 0. The largest absolute Gasteiger partial charge is 0.508 e. The zero-order valence-electron chi connectivity index (χ0n) is 7.68. The van der Waals surface area contributed by atoms with E-state index in [1.807, 2.05) is 13.0 Å². The van der Waals surface area contributed by atoms with Gasteiger partial charge in [-0.2, -0.15) is 0 Å². The van der Waals surface area contributed by atoms with E-state index in [9.17, 15) is 5.11 Å². The fourth-order valence-electron chi connectivity index (χ4n) is 1.24. The number of aromatic hydroxyl groups is 1. The van der Waals surface area contributed by atoms with E-state index in [0.717, 1.165) is 28.4 Å². The summed E-state index contributed by atoms with van der Waals surface area (Å²) in [5, 5.41) is 9.57. The van der Waals surface area contributed by atoms with E-state index < -0.39 is 0 Å². The minimum Gasteiger partial charge on any atom is -0.508 e. The topological polar surface area (TPSA) is 46.2 Å². The first-order valence-electron chi connectivity index (χ1n) is 4.34. The third kappa shape index (κ3) is 2.45. The van der Waals surface area contributed by atoms with Crippen molar-refractivity contribution in [1.82, 2.24) is 0 Å². The summed E-state index contributed by atoms with van der Waals surface area (Å²) in [5.41, 5.74) is 7.52. The number of benzene rings is 1. The molecular weight excluding hydrogens is 230 g/mol. The number of phenols is 1. The number of halogens is 1. The first-order valence-corrected chi connectivity index (χ1v) is 5.13. The van der Waals surface area contributed by atoms with Gasteiger partial charge in [0, 0.05) is 10.0 Å². The lowest BCUT2D eigenvalue weighted by Crippen LogP contribution is -2.01. The summed E-state index contributed by atoms with van der Waals surface area (Å²) in [7, 11) is 0. The van der Waals surface area contributed by atoms with Crippen molar-refractivity contribution in [3.8, 4) is 5.75 Å². The average Bonchev–Trinajstić information content (AvgIpc) is 2.12. The highest BCUT2D eigenvalue weighted by molar-refractivity contribution is 9.10. The molecule has 0 bridgehead atoms. The highest BCUT2D eigenvalue weighted by Gasteiger charge is 2.07. The highest BCUT2D eigenvalue weighted by atomic mass is 79.9. The third-order valence-electron chi connectivity index (χ3n) is 2.04. The quantitative estimate of drug-likeness (QED) is 0.857. The van der Waals surface area contributed by atoms with E-state index >= 15 is 0 Å². The highest BCUT2D eigenvalue weighted by Crippen LogP contribution is 2.29. The predicted molar refractivity (Wildman–Crippen MR) is 57.9 cm³/mol. The Morgan fingerprint density at radius 1 is 1.46 bits per heavy atom. The van der Waals surface area contributed by atoms with Crippen LogP contribution >= 0.6 is 15.9 Å². The Kier molecular flexibility index (Phi) is 3.75. The average molecular weight is 244 g/mol. The maximum atomic E-state index is 9.57. The van der Waals surface area contributed by atoms with Gasteiger partial charge >= 0.3 is 0 Å². The van der Waals surface area contributed by atoms with Gasteiger partial charge in [-0.15, -0.1) is 0 Å². The van der Waals surface area contributed by atoms with Crippen LogP contribution in [0.4, 0.5) is 0 Å². The molecule has 0 saturated heterocycles. The SMILES string of the molecule is Cc1ccc(O)c(CCCN)c1Br. The van der Waals surface area contributed by atoms with Crippen LogP contribution in [-0.4, -0.2) is 11.7 Å². The molecule has 13 heavy (non-hydrogen) atoms. The van der Waals surface area contributed by atoms with Gasteiger partial charge in [0.2, 0.25) is 0 Å². The van der Waals surface area contributed by atoms with Gasteiger partial charge in [0.1, 0.15) is 5.75 Å². The maximum absolute atomic E-state index is 9.57. The molecule has 3 N–H and O–H groups in total. The number of phenolic OH excluding ortho intramolecular Hbond substituents is 1. The van der Waals surface area contributed by atoms with Gasteiger partial charge in [-0.05, 0) is 37.9 Å². The molecule has 0 unspecified atom stereocenters. The Morgan fingerprint density at radius 2 is 2.15 bits per heavy atom. The molecule has 1 aromatic rings. The summed E-state index contributed by atoms with van der Waals surface area (Å²) in [6, 6.07) is 3.62. The lowest BCUT2D eigenvalue weighted by molar-refractivity contribution is 0.466. The van der Waals surface area contributed by atoms with Crippen LogP contribution in [0.1, 0.15) is 17.5 Å². The molecule has 0 fully saturated rings. The second-order valence-corrected chi connectivity index (χ2v) is 3.88. The Balaban J connectivity index is 2.96. The molecule has 0 heterocycles. The first kappa shape index (κ1) is 10.5. The molecule has 0 aliphatic rings. The van der Waals surface area contributed by atoms with Crippen LogP contribution in [0.3, 0.4) is 0 Å². The van der Waals surface area contributed by atoms with Gasteiger partial charge in [-0.3, -0.25) is 0 Å². The minimum absolute atomic E-state index is 0.353. The van der Waals surface area contributed by atoms with Crippen molar-refractivity contribution in [3.05, 3.63) is 27.7 Å². The van der Waals surface area contributed by atoms with Crippen molar-refractivity contribution < 1.29 is 5.11 Å². The van der Waals surface area contributed by atoms with Crippen molar-refractivity contribution in [2.75, 3.05) is 6.54 Å². The van der Waals surface area contributed by atoms with Crippen LogP contribution in [-0.2, 0) is 6.42 Å². The molecule has 0 spiro atoms. The van der Waals surface area contributed by atoms with Crippen molar-refractivity contribution in [3.63, 3.8) is 0 Å². The fraction of sp³-hybridized carbons (Fsp3) is 0.400. The zero-order valence-corrected chi connectivity index (χ0v) is 9.26. The van der Waals surface area contributed by atoms with Gasteiger partial charge in [0.15, 0.2) is 0 Å². The van der Waals surface area contributed by atoms with E-state index in [0.29, 0.717) is 12.3 Å². The number of rotatable bonds is 3. The molecule has 1 aromatic carbocycles. The standard InChI is InChI=1S/C10H14BrNO/c1-7-4-5-9(13)8(10(7)11)3-2-6-12/h4-5,13H,2-3,6,12H2,1H3. The Labute approximate surface area is 86.9 Å². The summed E-state index contributed by atoms with van der Waals surface area (Å²) >= 11 is 3.46. The summed E-state index contributed by atoms with van der Waals surface area (Å²) in [6.07, 6.45) is 1.72.